The molecule has 0 heterocycles. The van der Waals surface area contributed by atoms with Crippen LogP contribution in [0.1, 0.15) is 30.4 Å². The Morgan fingerprint density at radius 3 is 2.34 bits per heavy atom. The van der Waals surface area contributed by atoms with Gasteiger partial charge in [-0.3, -0.25) is 0 Å². The molecule has 3 aromatic rings. The Kier molecular flexibility index (Phi) is 7.66. The Bertz CT molecular complexity index is 1050. The van der Waals surface area contributed by atoms with Gasteiger partial charge in [-0.2, -0.15) is 0 Å². The fraction of sp³-hybridized carbons (Fsp3) is 0.167. The number of anilines is 1. The van der Waals surface area contributed by atoms with Crippen LogP contribution >= 0.6 is 0 Å². The third-order valence-corrected chi connectivity index (χ3v) is 4.46. The molecule has 3 rings (SSSR count). The molecule has 8 heteroatoms. The molecule has 0 saturated heterocycles. The number of aliphatic hydroxyl groups is 1. The average molecular weight is 434 g/mol. The summed E-state index contributed by atoms with van der Waals surface area (Å²) in [7, 11) is 0. The van der Waals surface area contributed by atoms with Crippen LogP contribution in [0.4, 0.5) is 11.4 Å². The van der Waals surface area contributed by atoms with Gasteiger partial charge in [0.05, 0.1) is 12.3 Å². The number of nitrogens with zero attached hydrogens (tertiary/aromatic N) is 1. The second-order valence-corrected chi connectivity index (χ2v) is 6.86. The van der Waals surface area contributed by atoms with Gasteiger partial charge in [-0.05, 0) is 43.3 Å². The van der Waals surface area contributed by atoms with Crippen LogP contribution in [0, 0.1) is 0 Å². The molecule has 3 aromatic carbocycles. The lowest BCUT2D eigenvalue weighted by molar-refractivity contribution is -0.151. The Morgan fingerprint density at radius 2 is 1.69 bits per heavy atom. The zero-order valence-corrected chi connectivity index (χ0v) is 17.6. The first kappa shape index (κ1) is 22.6. The van der Waals surface area contributed by atoms with E-state index in [9.17, 15) is 9.90 Å². The third kappa shape index (κ3) is 6.23. The lowest BCUT2D eigenvalue weighted by Gasteiger charge is -2.19. The number of nitrogens with two attached hydrogens (primary N) is 2. The lowest BCUT2D eigenvalue weighted by Crippen LogP contribution is -2.21. The summed E-state index contributed by atoms with van der Waals surface area (Å²) in [5.74, 6) is -0.0319. The number of hydrogen-bond acceptors (Lipinski definition) is 6. The van der Waals surface area contributed by atoms with Gasteiger partial charge in [-0.25, -0.2) is 9.79 Å². The van der Waals surface area contributed by atoms with Crippen molar-refractivity contribution in [2.45, 2.75) is 19.3 Å². The number of benzene rings is 3. The van der Waals surface area contributed by atoms with E-state index in [1.807, 2.05) is 30.3 Å². The summed E-state index contributed by atoms with van der Waals surface area (Å²) in [5.41, 5.74) is 13.3. The summed E-state index contributed by atoms with van der Waals surface area (Å²) in [4.78, 5) is 16.4. The van der Waals surface area contributed by atoms with Crippen LogP contribution in [0.3, 0.4) is 0 Å². The normalized spacial score (nSPS) is 12.3. The van der Waals surface area contributed by atoms with Crippen molar-refractivity contribution in [3.63, 3.8) is 0 Å². The standard InChI is InChI=1S/C24H26N4O4/c1-2-31-23(30)21(16-7-4-3-5-8-16)32-20-13-11-18(12-14-20)27-22(29)17-9-6-10-19(15-17)28-24(25)26/h3-15,21-22,27,29H,2H2,1H3,(H4,25,26,28). The minimum atomic E-state index is -0.979. The molecule has 0 aliphatic heterocycles. The van der Waals surface area contributed by atoms with Crippen molar-refractivity contribution >= 4 is 23.3 Å². The van der Waals surface area contributed by atoms with Crippen molar-refractivity contribution in [3.05, 3.63) is 90.0 Å². The zero-order chi connectivity index (χ0) is 22.9. The summed E-state index contributed by atoms with van der Waals surface area (Å²) in [6.45, 7) is 2.01. The van der Waals surface area contributed by atoms with Crippen LogP contribution in [0.25, 0.3) is 0 Å². The minimum absolute atomic E-state index is 0.0585. The summed E-state index contributed by atoms with van der Waals surface area (Å²) in [5, 5.41) is 13.5. The van der Waals surface area contributed by atoms with Crippen LogP contribution < -0.4 is 21.5 Å². The predicted octanol–water partition coefficient (Wildman–Crippen LogP) is 3.38. The van der Waals surface area contributed by atoms with E-state index < -0.39 is 18.3 Å². The maximum Gasteiger partial charge on any atom is 0.352 e. The van der Waals surface area contributed by atoms with Gasteiger partial charge in [0.2, 0.25) is 6.10 Å². The van der Waals surface area contributed by atoms with Gasteiger partial charge >= 0.3 is 5.97 Å². The molecule has 6 N–H and O–H groups in total. The molecule has 0 aromatic heterocycles. The van der Waals surface area contributed by atoms with E-state index in [-0.39, 0.29) is 12.6 Å². The molecule has 0 fully saturated rings. The molecule has 166 valence electrons. The van der Waals surface area contributed by atoms with Gasteiger partial charge in [-0.1, -0.05) is 42.5 Å². The number of rotatable bonds is 9. The number of aliphatic hydroxyl groups excluding tert-OH is 1. The third-order valence-electron chi connectivity index (χ3n) is 4.46. The molecule has 0 spiro atoms. The number of carbonyl (C=O) groups excluding carboxylic acids is 1. The number of hydrogen-bond donors (Lipinski definition) is 4. The van der Waals surface area contributed by atoms with Gasteiger partial charge in [0.15, 0.2) is 12.2 Å². The van der Waals surface area contributed by atoms with Gasteiger partial charge in [-0.15, -0.1) is 0 Å². The smallest absolute Gasteiger partial charge is 0.352 e. The molecule has 8 nitrogen and oxygen atoms in total. The average Bonchev–Trinajstić information content (AvgIpc) is 2.79. The molecule has 0 bridgehead atoms. The first-order chi connectivity index (χ1) is 15.5. The molecule has 2 unspecified atom stereocenters. The quantitative estimate of drug-likeness (QED) is 0.176. The Labute approximate surface area is 186 Å². The first-order valence-corrected chi connectivity index (χ1v) is 10.1. The van der Waals surface area contributed by atoms with Gasteiger partial charge in [0.25, 0.3) is 0 Å². The van der Waals surface area contributed by atoms with Crippen LogP contribution in [0.2, 0.25) is 0 Å². The molecule has 2 atom stereocenters. The van der Waals surface area contributed by atoms with Crippen LogP contribution in [-0.2, 0) is 9.53 Å². The Balaban J connectivity index is 1.70. The number of carbonyl (C=O) groups is 1. The largest absolute Gasteiger partial charge is 0.474 e. The van der Waals surface area contributed by atoms with Gasteiger partial charge in [0, 0.05) is 16.8 Å². The van der Waals surface area contributed by atoms with E-state index in [0.29, 0.717) is 28.3 Å². The monoisotopic (exact) mass is 434 g/mol. The van der Waals surface area contributed by atoms with E-state index in [1.54, 1.807) is 55.5 Å². The lowest BCUT2D eigenvalue weighted by atomic mass is 10.1. The molecule has 0 amide bonds. The van der Waals surface area contributed by atoms with Crippen LogP contribution in [0.15, 0.2) is 83.9 Å². The molecule has 32 heavy (non-hydrogen) atoms. The van der Waals surface area contributed by atoms with Crippen molar-refractivity contribution < 1.29 is 19.4 Å². The van der Waals surface area contributed by atoms with Gasteiger partial charge < -0.3 is 31.4 Å². The number of esters is 1. The number of ether oxygens (including phenoxy) is 2. The molecule has 0 radical (unpaired) electrons. The highest BCUT2D eigenvalue weighted by molar-refractivity contribution is 5.79. The highest BCUT2D eigenvalue weighted by Gasteiger charge is 2.24. The molecule has 0 saturated carbocycles. The van der Waals surface area contributed by atoms with E-state index in [4.69, 9.17) is 20.9 Å². The fourth-order valence-electron chi connectivity index (χ4n) is 3.02. The molecule has 0 aliphatic carbocycles. The predicted molar refractivity (Wildman–Crippen MR) is 123 cm³/mol. The number of guanidine groups is 1. The SMILES string of the molecule is CCOC(=O)C(Oc1ccc(NC(O)c2cccc(N=C(N)N)c2)cc1)c1ccccc1. The highest BCUT2D eigenvalue weighted by Crippen LogP contribution is 2.26. The summed E-state index contributed by atoms with van der Waals surface area (Å²) >= 11 is 0. The van der Waals surface area contributed by atoms with Crippen molar-refractivity contribution in [2.75, 3.05) is 11.9 Å². The number of aliphatic imine (C=N–C) groups is 1. The summed E-state index contributed by atoms with van der Waals surface area (Å²) in [6, 6.07) is 23.0. The van der Waals surface area contributed by atoms with Crippen LogP contribution in [-0.4, -0.2) is 23.6 Å². The Hall–Kier alpha value is -4.04. The van der Waals surface area contributed by atoms with Crippen molar-refractivity contribution in [3.8, 4) is 5.75 Å². The zero-order valence-electron chi connectivity index (χ0n) is 17.6. The van der Waals surface area contributed by atoms with E-state index in [1.165, 1.54) is 0 Å². The van der Waals surface area contributed by atoms with E-state index >= 15 is 0 Å². The fourth-order valence-corrected chi connectivity index (χ4v) is 3.02. The maximum absolute atomic E-state index is 12.4. The molecule has 0 aliphatic rings. The second-order valence-electron chi connectivity index (χ2n) is 6.86. The Morgan fingerprint density at radius 1 is 1.00 bits per heavy atom. The minimum Gasteiger partial charge on any atom is -0.474 e. The van der Waals surface area contributed by atoms with Crippen molar-refractivity contribution in [1.29, 1.82) is 0 Å². The highest BCUT2D eigenvalue weighted by atomic mass is 16.6. The number of nitrogens with one attached hydrogen (secondary N) is 1. The first-order valence-electron chi connectivity index (χ1n) is 10.1. The molecular formula is C24H26N4O4. The van der Waals surface area contributed by atoms with E-state index in [0.717, 1.165) is 0 Å². The van der Waals surface area contributed by atoms with E-state index in [2.05, 4.69) is 10.3 Å². The summed E-state index contributed by atoms with van der Waals surface area (Å²) in [6.07, 6.45) is -1.86. The molecular weight excluding hydrogens is 408 g/mol. The van der Waals surface area contributed by atoms with Gasteiger partial charge in [0.1, 0.15) is 5.75 Å². The van der Waals surface area contributed by atoms with Crippen molar-refractivity contribution in [2.24, 2.45) is 16.5 Å². The maximum atomic E-state index is 12.4. The van der Waals surface area contributed by atoms with Crippen LogP contribution in [0.5, 0.6) is 5.75 Å². The second kappa shape index (κ2) is 10.8. The van der Waals surface area contributed by atoms with Crippen molar-refractivity contribution in [1.82, 2.24) is 0 Å². The summed E-state index contributed by atoms with van der Waals surface area (Å²) < 4.78 is 11.1. The topological polar surface area (TPSA) is 132 Å².